The maximum absolute atomic E-state index is 5.46. The van der Waals surface area contributed by atoms with Crippen LogP contribution in [0.2, 0.25) is 39.3 Å². The summed E-state index contributed by atoms with van der Waals surface area (Å²) < 4.78 is 2.53. The van der Waals surface area contributed by atoms with Gasteiger partial charge in [-0.15, -0.1) is 0 Å². The first-order valence-corrected chi connectivity index (χ1v) is 12.5. The van der Waals surface area contributed by atoms with E-state index in [-0.39, 0.29) is 0 Å². The SMILES string of the molecule is CCNC(=S)N([Si](C)(C)C)[Si](C)(C)C. The molecule has 0 amide bonds. The molecule has 0 aliphatic rings. The second-order valence-electron chi connectivity index (χ2n) is 5.51. The van der Waals surface area contributed by atoms with E-state index in [0.717, 1.165) is 11.7 Å². The van der Waals surface area contributed by atoms with E-state index in [1.165, 1.54) is 0 Å². The van der Waals surface area contributed by atoms with Gasteiger partial charge in [-0.3, -0.25) is 0 Å². The lowest BCUT2D eigenvalue weighted by Crippen LogP contribution is -2.64. The van der Waals surface area contributed by atoms with Gasteiger partial charge < -0.3 is 9.55 Å². The average molecular weight is 249 g/mol. The summed E-state index contributed by atoms with van der Waals surface area (Å²) in [7, 11) is -2.66. The number of nitrogens with zero attached hydrogens (tertiary/aromatic N) is 1. The fraction of sp³-hybridized carbons (Fsp3) is 0.889. The summed E-state index contributed by atoms with van der Waals surface area (Å²) in [6.07, 6.45) is 0. The minimum atomic E-state index is -1.33. The smallest absolute Gasteiger partial charge is 0.152 e. The van der Waals surface area contributed by atoms with E-state index in [0.29, 0.717) is 0 Å². The fourth-order valence-corrected chi connectivity index (χ4v) is 13.1. The molecular formula is C9H24N2SSi2. The van der Waals surface area contributed by atoms with Gasteiger partial charge in [0.25, 0.3) is 0 Å². The molecule has 0 rings (SSSR count). The zero-order valence-electron chi connectivity index (χ0n) is 10.6. The standard InChI is InChI=1S/C9H24N2SSi2/c1-8-10-9(12)11(13(2,3)4)14(5,6)7/h8H2,1-7H3,(H,10,12). The summed E-state index contributed by atoms with van der Waals surface area (Å²) in [5.74, 6) is 0. The van der Waals surface area contributed by atoms with E-state index in [2.05, 4.69) is 55.8 Å². The molecule has 0 fully saturated rings. The molecule has 1 N–H and O–H groups in total. The van der Waals surface area contributed by atoms with E-state index in [1.54, 1.807) is 0 Å². The van der Waals surface area contributed by atoms with Crippen molar-refractivity contribution in [2.45, 2.75) is 46.2 Å². The summed E-state index contributed by atoms with van der Waals surface area (Å²) in [4.78, 5) is 0. The first-order chi connectivity index (χ1) is 6.10. The van der Waals surface area contributed by atoms with Crippen molar-refractivity contribution in [1.82, 2.24) is 9.55 Å². The van der Waals surface area contributed by atoms with Gasteiger partial charge in [0.05, 0.1) is 0 Å². The zero-order chi connectivity index (χ0) is 11.6. The normalized spacial score (nSPS) is 12.5. The lowest BCUT2D eigenvalue weighted by molar-refractivity contribution is 0.827. The third kappa shape index (κ3) is 4.10. The molecule has 0 atom stereocenters. The molecule has 2 nitrogen and oxygen atoms in total. The molecule has 5 heteroatoms. The first-order valence-electron chi connectivity index (χ1n) is 5.19. The third-order valence-corrected chi connectivity index (χ3v) is 9.68. The Bertz CT molecular complexity index is 192. The quantitative estimate of drug-likeness (QED) is 0.611. The molecule has 0 aromatic rings. The fourth-order valence-electron chi connectivity index (χ4n) is 1.85. The maximum atomic E-state index is 5.46. The molecule has 0 unspecified atom stereocenters. The van der Waals surface area contributed by atoms with Gasteiger partial charge in [0, 0.05) is 6.54 Å². The highest BCUT2D eigenvalue weighted by molar-refractivity contribution is 7.80. The van der Waals surface area contributed by atoms with Crippen molar-refractivity contribution in [3.63, 3.8) is 0 Å². The molecule has 0 radical (unpaired) electrons. The molecule has 0 heterocycles. The van der Waals surface area contributed by atoms with Crippen LogP contribution in [-0.4, -0.2) is 32.4 Å². The molecule has 84 valence electrons. The molecule has 0 aromatic carbocycles. The lowest BCUT2D eigenvalue weighted by Gasteiger charge is -2.45. The van der Waals surface area contributed by atoms with Crippen molar-refractivity contribution in [3.05, 3.63) is 0 Å². The van der Waals surface area contributed by atoms with E-state index >= 15 is 0 Å². The highest BCUT2D eigenvalue weighted by Gasteiger charge is 2.35. The van der Waals surface area contributed by atoms with Crippen LogP contribution in [-0.2, 0) is 0 Å². The molecular weight excluding hydrogens is 224 g/mol. The molecule has 0 aliphatic carbocycles. The Labute approximate surface area is 96.2 Å². The Hall–Kier alpha value is 0.124. The van der Waals surface area contributed by atoms with Gasteiger partial charge in [-0.2, -0.15) is 0 Å². The lowest BCUT2D eigenvalue weighted by atomic mass is 10.8. The third-order valence-electron chi connectivity index (χ3n) is 1.87. The van der Waals surface area contributed by atoms with Crippen molar-refractivity contribution in [2.24, 2.45) is 0 Å². The summed E-state index contributed by atoms with van der Waals surface area (Å²) in [6.45, 7) is 17.2. The van der Waals surface area contributed by atoms with Crippen LogP contribution in [0.5, 0.6) is 0 Å². The van der Waals surface area contributed by atoms with Gasteiger partial charge in [0.15, 0.2) is 5.11 Å². The highest BCUT2D eigenvalue weighted by Crippen LogP contribution is 2.19. The second kappa shape index (κ2) is 4.76. The molecule has 0 saturated carbocycles. The number of thiocarbonyl (C=S) groups is 1. The summed E-state index contributed by atoms with van der Waals surface area (Å²) in [6, 6.07) is 0. The molecule has 0 saturated heterocycles. The number of hydrogen-bond donors (Lipinski definition) is 1. The Morgan fingerprint density at radius 3 is 1.64 bits per heavy atom. The van der Waals surface area contributed by atoms with Crippen LogP contribution in [0.4, 0.5) is 0 Å². The second-order valence-corrected chi connectivity index (χ2v) is 15.9. The highest BCUT2D eigenvalue weighted by atomic mass is 32.1. The number of hydrogen-bond acceptors (Lipinski definition) is 1. The van der Waals surface area contributed by atoms with Gasteiger partial charge in [-0.25, -0.2) is 0 Å². The molecule has 14 heavy (non-hydrogen) atoms. The zero-order valence-corrected chi connectivity index (χ0v) is 13.4. The minimum Gasteiger partial charge on any atom is -0.403 e. The van der Waals surface area contributed by atoms with Crippen LogP contribution in [0, 0.1) is 0 Å². The largest absolute Gasteiger partial charge is 0.403 e. The van der Waals surface area contributed by atoms with Gasteiger partial charge in [0.1, 0.15) is 16.5 Å². The van der Waals surface area contributed by atoms with Crippen molar-refractivity contribution in [1.29, 1.82) is 0 Å². The van der Waals surface area contributed by atoms with Crippen molar-refractivity contribution >= 4 is 33.8 Å². The van der Waals surface area contributed by atoms with Crippen molar-refractivity contribution in [3.8, 4) is 0 Å². The topological polar surface area (TPSA) is 15.3 Å². The van der Waals surface area contributed by atoms with Crippen LogP contribution in [0.15, 0.2) is 0 Å². The predicted molar refractivity (Wildman–Crippen MR) is 74.8 cm³/mol. The Kier molecular flexibility index (Phi) is 4.81. The van der Waals surface area contributed by atoms with Crippen LogP contribution in [0.1, 0.15) is 6.92 Å². The number of nitrogens with one attached hydrogen (secondary N) is 1. The van der Waals surface area contributed by atoms with Crippen LogP contribution < -0.4 is 5.32 Å². The minimum absolute atomic E-state index is 0.921. The van der Waals surface area contributed by atoms with Crippen molar-refractivity contribution < 1.29 is 0 Å². The molecule has 0 bridgehead atoms. The average Bonchev–Trinajstić information content (AvgIpc) is 1.78. The van der Waals surface area contributed by atoms with E-state index in [1.807, 2.05) is 0 Å². The molecule has 0 aromatic heterocycles. The van der Waals surface area contributed by atoms with Gasteiger partial charge >= 0.3 is 0 Å². The van der Waals surface area contributed by atoms with E-state index in [9.17, 15) is 0 Å². The number of rotatable bonds is 3. The van der Waals surface area contributed by atoms with Crippen molar-refractivity contribution in [2.75, 3.05) is 6.54 Å². The van der Waals surface area contributed by atoms with Crippen LogP contribution in [0.3, 0.4) is 0 Å². The van der Waals surface area contributed by atoms with E-state index in [4.69, 9.17) is 12.2 Å². The monoisotopic (exact) mass is 248 g/mol. The van der Waals surface area contributed by atoms with E-state index < -0.39 is 16.5 Å². The maximum Gasteiger partial charge on any atom is 0.152 e. The van der Waals surface area contributed by atoms with Crippen LogP contribution in [0.25, 0.3) is 0 Å². The molecule has 0 aliphatic heterocycles. The predicted octanol–water partition coefficient (Wildman–Crippen LogP) is 2.85. The summed E-state index contributed by atoms with van der Waals surface area (Å²) in [5, 5.41) is 4.25. The molecule has 0 spiro atoms. The summed E-state index contributed by atoms with van der Waals surface area (Å²) in [5.41, 5.74) is 0. The van der Waals surface area contributed by atoms with Gasteiger partial charge in [-0.05, 0) is 19.1 Å². The van der Waals surface area contributed by atoms with Gasteiger partial charge in [0.2, 0.25) is 0 Å². The summed E-state index contributed by atoms with van der Waals surface area (Å²) >= 11 is 5.46. The van der Waals surface area contributed by atoms with Gasteiger partial charge in [-0.1, -0.05) is 39.3 Å². The Morgan fingerprint density at radius 2 is 1.43 bits per heavy atom. The van der Waals surface area contributed by atoms with Crippen LogP contribution >= 0.6 is 12.2 Å². The first kappa shape index (κ1) is 14.1. The Morgan fingerprint density at radius 1 is 1.07 bits per heavy atom. The Balaban J connectivity index is 4.84.